The minimum Gasteiger partial charge on any atom is -0.316 e. The normalized spacial score (nSPS) is 13.7. The van der Waals surface area contributed by atoms with Crippen LogP contribution in [0.3, 0.4) is 0 Å². The zero-order valence-electron chi connectivity index (χ0n) is 12.4. The molecular formula is C14H23FN2O2S. The first-order valence-electron chi connectivity index (χ1n) is 6.77. The van der Waals surface area contributed by atoms with Crippen LogP contribution in [0.25, 0.3) is 0 Å². The molecule has 0 radical (unpaired) electrons. The average Bonchev–Trinajstić information content (AvgIpc) is 2.35. The van der Waals surface area contributed by atoms with Gasteiger partial charge in [0.05, 0.1) is 0 Å². The molecule has 0 aliphatic rings. The Kier molecular flexibility index (Phi) is 6.10. The molecule has 6 heteroatoms. The van der Waals surface area contributed by atoms with Crippen molar-refractivity contribution in [2.45, 2.75) is 44.7 Å². The van der Waals surface area contributed by atoms with Gasteiger partial charge in [-0.3, -0.25) is 0 Å². The minimum absolute atomic E-state index is 0.154. The maximum absolute atomic E-state index is 14.0. The third-order valence-electron chi connectivity index (χ3n) is 3.22. The van der Waals surface area contributed by atoms with Crippen molar-refractivity contribution in [3.63, 3.8) is 0 Å². The summed E-state index contributed by atoms with van der Waals surface area (Å²) >= 11 is 0. The largest absolute Gasteiger partial charge is 0.316 e. The standard InChI is InChI=1S/C14H23FN2O2S/c1-5-13(10(2)3)17-20(18,19)14-7-6-11(9-16-4)8-12(14)15/h6-8,10,13,16-17H,5,9H2,1-4H3. The van der Waals surface area contributed by atoms with Gasteiger partial charge < -0.3 is 5.32 Å². The predicted octanol–water partition coefficient (Wildman–Crippen LogP) is 2.26. The molecule has 1 aromatic carbocycles. The van der Waals surface area contributed by atoms with E-state index in [1.807, 2.05) is 20.8 Å². The summed E-state index contributed by atoms with van der Waals surface area (Å²) in [5.74, 6) is -0.565. The molecule has 1 aromatic rings. The Hall–Kier alpha value is -0.980. The number of nitrogens with one attached hydrogen (secondary N) is 2. The summed E-state index contributed by atoms with van der Waals surface area (Å²) in [6.45, 7) is 6.26. The summed E-state index contributed by atoms with van der Waals surface area (Å²) in [5.41, 5.74) is 0.708. The van der Waals surface area contributed by atoms with Crippen LogP contribution in [-0.4, -0.2) is 21.5 Å². The van der Waals surface area contributed by atoms with Gasteiger partial charge in [-0.2, -0.15) is 0 Å². The van der Waals surface area contributed by atoms with Crippen molar-refractivity contribution >= 4 is 10.0 Å². The maximum atomic E-state index is 14.0. The first-order valence-corrected chi connectivity index (χ1v) is 8.25. The van der Waals surface area contributed by atoms with Crippen LogP contribution in [-0.2, 0) is 16.6 Å². The van der Waals surface area contributed by atoms with E-state index < -0.39 is 15.8 Å². The second kappa shape index (κ2) is 7.15. The minimum atomic E-state index is -3.82. The first-order chi connectivity index (χ1) is 9.31. The highest BCUT2D eigenvalue weighted by Crippen LogP contribution is 2.18. The average molecular weight is 302 g/mol. The molecule has 0 amide bonds. The van der Waals surface area contributed by atoms with Crippen LogP contribution in [0.4, 0.5) is 4.39 Å². The molecule has 114 valence electrons. The zero-order chi connectivity index (χ0) is 15.3. The van der Waals surface area contributed by atoms with Crippen molar-refractivity contribution in [3.8, 4) is 0 Å². The van der Waals surface area contributed by atoms with Crippen molar-refractivity contribution in [3.05, 3.63) is 29.6 Å². The molecular weight excluding hydrogens is 279 g/mol. The zero-order valence-corrected chi connectivity index (χ0v) is 13.2. The molecule has 2 N–H and O–H groups in total. The van der Waals surface area contributed by atoms with Crippen LogP contribution in [0.1, 0.15) is 32.8 Å². The van der Waals surface area contributed by atoms with Gasteiger partial charge in [0.2, 0.25) is 10.0 Å². The van der Waals surface area contributed by atoms with Gasteiger partial charge in [0, 0.05) is 12.6 Å². The molecule has 0 saturated carbocycles. The molecule has 4 nitrogen and oxygen atoms in total. The number of benzene rings is 1. The summed E-state index contributed by atoms with van der Waals surface area (Å²) in [6, 6.07) is 3.99. The lowest BCUT2D eigenvalue weighted by atomic mass is 10.0. The highest BCUT2D eigenvalue weighted by Gasteiger charge is 2.24. The molecule has 1 unspecified atom stereocenters. The summed E-state index contributed by atoms with van der Waals surface area (Å²) in [4.78, 5) is -0.295. The molecule has 0 heterocycles. The highest BCUT2D eigenvalue weighted by molar-refractivity contribution is 7.89. The lowest BCUT2D eigenvalue weighted by Gasteiger charge is -2.20. The van der Waals surface area contributed by atoms with Gasteiger partial charge in [0.25, 0.3) is 0 Å². The van der Waals surface area contributed by atoms with E-state index in [4.69, 9.17) is 0 Å². The summed E-state index contributed by atoms with van der Waals surface area (Å²) in [7, 11) is -2.08. The summed E-state index contributed by atoms with van der Waals surface area (Å²) in [5, 5.41) is 2.89. The second-order valence-electron chi connectivity index (χ2n) is 5.18. The molecule has 0 fully saturated rings. The van der Waals surface area contributed by atoms with E-state index in [1.54, 1.807) is 13.1 Å². The fourth-order valence-electron chi connectivity index (χ4n) is 2.03. The molecule has 0 aliphatic carbocycles. The molecule has 1 atom stereocenters. The number of halogens is 1. The van der Waals surface area contributed by atoms with Crippen molar-refractivity contribution in [2.75, 3.05) is 7.05 Å². The Morgan fingerprint density at radius 1 is 1.30 bits per heavy atom. The third-order valence-corrected chi connectivity index (χ3v) is 4.74. The van der Waals surface area contributed by atoms with E-state index in [2.05, 4.69) is 10.0 Å². The van der Waals surface area contributed by atoms with Gasteiger partial charge in [-0.15, -0.1) is 0 Å². The third kappa shape index (κ3) is 4.26. The number of hydrogen-bond donors (Lipinski definition) is 2. The smallest absolute Gasteiger partial charge is 0.243 e. The van der Waals surface area contributed by atoms with E-state index >= 15 is 0 Å². The predicted molar refractivity (Wildman–Crippen MR) is 78.4 cm³/mol. The molecule has 1 rings (SSSR count). The van der Waals surface area contributed by atoms with Crippen LogP contribution < -0.4 is 10.0 Å². The quantitative estimate of drug-likeness (QED) is 0.812. The van der Waals surface area contributed by atoms with E-state index in [9.17, 15) is 12.8 Å². The van der Waals surface area contributed by atoms with E-state index in [-0.39, 0.29) is 16.9 Å². The first kappa shape index (κ1) is 17.1. The van der Waals surface area contributed by atoms with E-state index in [0.29, 0.717) is 18.5 Å². The fourth-order valence-corrected chi connectivity index (χ4v) is 3.56. The van der Waals surface area contributed by atoms with Crippen LogP contribution in [0, 0.1) is 11.7 Å². The van der Waals surface area contributed by atoms with Crippen molar-refractivity contribution in [1.82, 2.24) is 10.0 Å². The molecule has 0 aliphatic heterocycles. The summed E-state index contributed by atoms with van der Waals surface area (Å²) in [6.07, 6.45) is 0.663. The van der Waals surface area contributed by atoms with Gasteiger partial charge in [-0.1, -0.05) is 26.8 Å². The Morgan fingerprint density at radius 2 is 1.95 bits per heavy atom. The van der Waals surface area contributed by atoms with Gasteiger partial charge in [0.1, 0.15) is 10.7 Å². The fraction of sp³-hybridized carbons (Fsp3) is 0.571. The van der Waals surface area contributed by atoms with Crippen LogP contribution in [0.2, 0.25) is 0 Å². The number of hydrogen-bond acceptors (Lipinski definition) is 3. The number of sulfonamides is 1. The van der Waals surface area contributed by atoms with E-state index in [1.165, 1.54) is 12.1 Å². The molecule has 0 aromatic heterocycles. The summed E-state index contributed by atoms with van der Waals surface area (Å²) < 4.78 is 41.0. The second-order valence-corrected chi connectivity index (χ2v) is 6.86. The molecule has 0 saturated heterocycles. The van der Waals surface area contributed by atoms with E-state index in [0.717, 1.165) is 0 Å². The highest BCUT2D eigenvalue weighted by atomic mass is 32.2. The van der Waals surface area contributed by atoms with Gasteiger partial charge in [-0.25, -0.2) is 17.5 Å². The van der Waals surface area contributed by atoms with Crippen LogP contribution >= 0.6 is 0 Å². The number of rotatable bonds is 7. The van der Waals surface area contributed by atoms with Crippen molar-refractivity contribution in [2.24, 2.45) is 5.92 Å². The lowest BCUT2D eigenvalue weighted by Crippen LogP contribution is -2.38. The van der Waals surface area contributed by atoms with Crippen LogP contribution in [0.15, 0.2) is 23.1 Å². The lowest BCUT2D eigenvalue weighted by molar-refractivity contribution is 0.435. The van der Waals surface area contributed by atoms with Crippen molar-refractivity contribution < 1.29 is 12.8 Å². The van der Waals surface area contributed by atoms with Gasteiger partial charge in [0.15, 0.2) is 0 Å². The Bertz CT molecular complexity index is 544. The monoisotopic (exact) mass is 302 g/mol. The Morgan fingerprint density at radius 3 is 2.40 bits per heavy atom. The maximum Gasteiger partial charge on any atom is 0.243 e. The molecule has 0 spiro atoms. The van der Waals surface area contributed by atoms with Crippen LogP contribution in [0.5, 0.6) is 0 Å². The molecule has 0 bridgehead atoms. The topological polar surface area (TPSA) is 58.2 Å². The molecule has 20 heavy (non-hydrogen) atoms. The Balaban J connectivity index is 3.03. The van der Waals surface area contributed by atoms with Gasteiger partial charge in [-0.05, 0) is 37.1 Å². The van der Waals surface area contributed by atoms with Gasteiger partial charge >= 0.3 is 0 Å². The van der Waals surface area contributed by atoms with Crippen molar-refractivity contribution in [1.29, 1.82) is 0 Å². The Labute approximate surface area is 120 Å². The SMILES string of the molecule is CCC(NS(=O)(=O)c1ccc(CNC)cc1F)C(C)C.